The van der Waals surface area contributed by atoms with Gasteiger partial charge in [-0.2, -0.15) is 0 Å². The van der Waals surface area contributed by atoms with E-state index in [1.54, 1.807) is 6.20 Å². The number of anilines is 1. The van der Waals surface area contributed by atoms with E-state index in [1.165, 1.54) is 0 Å². The number of carbonyl (C=O) groups is 1. The average molecular weight is 261 g/mol. The van der Waals surface area contributed by atoms with Crippen molar-refractivity contribution < 1.29 is 4.79 Å². The molecule has 1 aliphatic heterocycles. The lowest BCUT2D eigenvalue weighted by molar-refractivity contribution is -0.110. The van der Waals surface area contributed by atoms with Crippen molar-refractivity contribution in [1.29, 1.82) is 0 Å². The minimum atomic E-state index is -0.107. The summed E-state index contributed by atoms with van der Waals surface area (Å²) < 4.78 is 0. The standard InChI is InChI=1S/C16H11N3O/c20-16-12(15-14(19-16)6-3-7-17-15)8-10-9-18-13-5-2-1-4-11(10)13/h1-9,18H,(H,19,20)/b12-8+. The van der Waals surface area contributed by atoms with Gasteiger partial charge in [-0.1, -0.05) is 18.2 Å². The van der Waals surface area contributed by atoms with Gasteiger partial charge in [-0.25, -0.2) is 0 Å². The number of nitrogens with zero attached hydrogens (tertiary/aromatic N) is 1. The van der Waals surface area contributed by atoms with Gasteiger partial charge in [0.2, 0.25) is 0 Å². The molecule has 4 nitrogen and oxygen atoms in total. The normalized spacial score (nSPS) is 15.6. The van der Waals surface area contributed by atoms with Crippen LogP contribution in [0.2, 0.25) is 0 Å². The quantitative estimate of drug-likeness (QED) is 0.661. The first-order valence-electron chi connectivity index (χ1n) is 6.37. The first kappa shape index (κ1) is 11.0. The highest BCUT2D eigenvalue weighted by atomic mass is 16.2. The van der Waals surface area contributed by atoms with Crippen molar-refractivity contribution >= 4 is 34.1 Å². The van der Waals surface area contributed by atoms with Gasteiger partial charge in [0.25, 0.3) is 5.91 Å². The van der Waals surface area contributed by atoms with Crippen LogP contribution in [0.15, 0.2) is 48.8 Å². The molecule has 0 radical (unpaired) electrons. The van der Waals surface area contributed by atoms with Gasteiger partial charge in [0.15, 0.2) is 0 Å². The zero-order chi connectivity index (χ0) is 13.5. The molecule has 1 aromatic carbocycles. The molecule has 0 atom stereocenters. The summed E-state index contributed by atoms with van der Waals surface area (Å²) in [5.41, 5.74) is 4.12. The SMILES string of the molecule is O=C1Nc2cccnc2/C1=C\c1c[nH]c2ccccc12. The monoisotopic (exact) mass is 261 g/mol. The molecular weight excluding hydrogens is 250 g/mol. The molecule has 3 aromatic rings. The van der Waals surface area contributed by atoms with Gasteiger partial charge >= 0.3 is 0 Å². The molecule has 0 unspecified atom stereocenters. The summed E-state index contributed by atoms with van der Waals surface area (Å²) in [5.74, 6) is -0.107. The number of aromatic nitrogens is 2. The summed E-state index contributed by atoms with van der Waals surface area (Å²) in [6.07, 6.45) is 5.49. The molecule has 20 heavy (non-hydrogen) atoms. The molecule has 4 rings (SSSR count). The number of nitrogens with one attached hydrogen (secondary N) is 2. The van der Waals surface area contributed by atoms with Crippen LogP contribution in [-0.4, -0.2) is 15.9 Å². The van der Waals surface area contributed by atoms with Gasteiger partial charge in [-0.15, -0.1) is 0 Å². The molecule has 1 aliphatic rings. The Hall–Kier alpha value is -2.88. The number of rotatable bonds is 1. The number of pyridine rings is 1. The number of carbonyl (C=O) groups excluding carboxylic acids is 1. The molecule has 0 spiro atoms. The minimum Gasteiger partial charge on any atom is -0.361 e. The third kappa shape index (κ3) is 1.55. The van der Waals surface area contributed by atoms with Crippen LogP contribution < -0.4 is 5.32 Å². The molecule has 0 fully saturated rings. The van der Waals surface area contributed by atoms with Crippen molar-refractivity contribution in [2.24, 2.45) is 0 Å². The van der Waals surface area contributed by atoms with E-state index in [4.69, 9.17) is 0 Å². The highest BCUT2D eigenvalue weighted by Crippen LogP contribution is 2.32. The highest BCUT2D eigenvalue weighted by molar-refractivity contribution is 6.34. The first-order chi connectivity index (χ1) is 9.83. The zero-order valence-electron chi connectivity index (χ0n) is 10.6. The van der Waals surface area contributed by atoms with Gasteiger partial charge in [0.05, 0.1) is 17.0 Å². The topological polar surface area (TPSA) is 57.8 Å². The summed E-state index contributed by atoms with van der Waals surface area (Å²) in [5, 5.41) is 3.92. The van der Waals surface area contributed by atoms with Gasteiger partial charge in [0.1, 0.15) is 0 Å². The van der Waals surface area contributed by atoms with Crippen LogP contribution in [0.3, 0.4) is 0 Å². The van der Waals surface area contributed by atoms with E-state index in [0.29, 0.717) is 11.3 Å². The van der Waals surface area contributed by atoms with Crippen LogP contribution in [0.5, 0.6) is 0 Å². The Kier molecular flexibility index (Phi) is 2.23. The molecule has 2 N–H and O–H groups in total. The molecule has 3 heterocycles. The van der Waals surface area contributed by atoms with Gasteiger partial charge in [0, 0.05) is 28.9 Å². The fourth-order valence-corrected chi connectivity index (χ4v) is 2.52. The lowest BCUT2D eigenvalue weighted by Gasteiger charge is -1.96. The minimum absolute atomic E-state index is 0.107. The molecule has 0 saturated heterocycles. The van der Waals surface area contributed by atoms with E-state index >= 15 is 0 Å². The summed E-state index contributed by atoms with van der Waals surface area (Å²) in [4.78, 5) is 19.6. The largest absolute Gasteiger partial charge is 0.361 e. The number of aromatic amines is 1. The summed E-state index contributed by atoms with van der Waals surface area (Å²) in [7, 11) is 0. The number of amides is 1. The van der Waals surface area contributed by atoms with Gasteiger partial charge < -0.3 is 10.3 Å². The maximum atomic E-state index is 12.1. The highest BCUT2D eigenvalue weighted by Gasteiger charge is 2.25. The molecule has 96 valence electrons. The third-order valence-electron chi connectivity index (χ3n) is 3.48. The van der Waals surface area contributed by atoms with Crippen molar-refractivity contribution in [1.82, 2.24) is 9.97 Å². The average Bonchev–Trinajstić information content (AvgIpc) is 3.02. The van der Waals surface area contributed by atoms with Crippen molar-refractivity contribution in [2.45, 2.75) is 0 Å². The fraction of sp³-hybridized carbons (Fsp3) is 0. The van der Waals surface area contributed by atoms with E-state index in [9.17, 15) is 4.79 Å². The Balaban J connectivity index is 1.90. The smallest absolute Gasteiger partial charge is 0.258 e. The second-order valence-electron chi connectivity index (χ2n) is 4.70. The van der Waals surface area contributed by atoms with Crippen LogP contribution in [-0.2, 0) is 4.79 Å². The predicted octanol–water partition coefficient (Wildman–Crippen LogP) is 3.06. The van der Waals surface area contributed by atoms with E-state index < -0.39 is 0 Å². The zero-order valence-corrected chi connectivity index (χ0v) is 10.6. The summed E-state index contributed by atoms with van der Waals surface area (Å²) in [6, 6.07) is 11.7. The number of benzene rings is 1. The van der Waals surface area contributed by atoms with E-state index in [0.717, 1.165) is 22.2 Å². The van der Waals surface area contributed by atoms with Crippen LogP contribution >= 0.6 is 0 Å². The van der Waals surface area contributed by atoms with Crippen molar-refractivity contribution in [3.8, 4) is 0 Å². The van der Waals surface area contributed by atoms with Crippen molar-refractivity contribution in [3.05, 3.63) is 60.0 Å². The summed E-state index contributed by atoms with van der Waals surface area (Å²) >= 11 is 0. The Morgan fingerprint density at radius 2 is 2.00 bits per heavy atom. The van der Waals surface area contributed by atoms with Crippen molar-refractivity contribution in [3.63, 3.8) is 0 Å². The Morgan fingerprint density at radius 3 is 2.95 bits per heavy atom. The van der Waals surface area contributed by atoms with Crippen LogP contribution in [0.1, 0.15) is 11.3 Å². The molecular formula is C16H11N3O. The molecule has 0 aliphatic carbocycles. The van der Waals surface area contributed by atoms with Crippen molar-refractivity contribution in [2.75, 3.05) is 5.32 Å². The third-order valence-corrected chi connectivity index (χ3v) is 3.48. The number of para-hydroxylation sites is 1. The lowest BCUT2D eigenvalue weighted by Crippen LogP contribution is -2.03. The van der Waals surface area contributed by atoms with E-state index in [1.807, 2.05) is 48.7 Å². The Labute approximate surface area is 115 Å². The molecule has 0 saturated carbocycles. The van der Waals surface area contributed by atoms with Gasteiger partial charge in [-0.05, 0) is 24.3 Å². The van der Waals surface area contributed by atoms with E-state index in [-0.39, 0.29) is 5.91 Å². The van der Waals surface area contributed by atoms with Crippen LogP contribution in [0, 0.1) is 0 Å². The number of fused-ring (bicyclic) bond motifs is 2. The number of H-pyrrole nitrogens is 1. The summed E-state index contributed by atoms with van der Waals surface area (Å²) in [6.45, 7) is 0. The second-order valence-corrected chi connectivity index (χ2v) is 4.70. The fourth-order valence-electron chi connectivity index (χ4n) is 2.52. The maximum Gasteiger partial charge on any atom is 0.258 e. The predicted molar refractivity (Wildman–Crippen MR) is 79.0 cm³/mol. The molecule has 4 heteroatoms. The Bertz CT molecular complexity index is 861. The van der Waals surface area contributed by atoms with Gasteiger partial charge in [-0.3, -0.25) is 9.78 Å². The number of hydrogen-bond acceptors (Lipinski definition) is 2. The second kappa shape index (κ2) is 4.06. The first-order valence-corrected chi connectivity index (χ1v) is 6.37. The van der Waals surface area contributed by atoms with Crippen LogP contribution in [0.4, 0.5) is 5.69 Å². The van der Waals surface area contributed by atoms with Crippen LogP contribution in [0.25, 0.3) is 22.6 Å². The van der Waals surface area contributed by atoms with E-state index in [2.05, 4.69) is 15.3 Å². The lowest BCUT2D eigenvalue weighted by atomic mass is 10.1. The Morgan fingerprint density at radius 1 is 1.10 bits per heavy atom. The maximum absolute atomic E-state index is 12.1. The molecule has 2 aromatic heterocycles. The molecule has 1 amide bonds. The molecule has 0 bridgehead atoms. The number of hydrogen-bond donors (Lipinski definition) is 2.